The Labute approximate surface area is 155 Å². The Bertz CT molecular complexity index is 616. The van der Waals surface area contributed by atoms with Gasteiger partial charge in [0.05, 0.1) is 0 Å². The van der Waals surface area contributed by atoms with E-state index >= 15 is 0 Å². The number of phenolic OH excluding ortho intramolecular Hbond substituents is 1. The molecule has 136 valence electrons. The largest absolute Gasteiger partial charge is 0.508 e. The Morgan fingerprint density at radius 3 is 2.20 bits per heavy atom. The third-order valence-electron chi connectivity index (χ3n) is 4.24. The molecule has 1 saturated heterocycles. The van der Waals surface area contributed by atoms with E-state index in [-0.39, 0.29) is 25.9 Å². The van der Waals surface area contributed by atoms with Gasteiger partial charge in [0.2, 0.25) is 0 Å². The summed E-state index contributed by atoms with van der Waals surface area (Å²) < 4.78 is 5.56. The highest BCUT2D eigenvalue weighted by atomic mass is 32.1. The van der Waals surface area contributed by atoms with Crippen LogP contribution in [-0.4, -0.2) is 60.5 Å². The van der Waals surface area contributed by atoms with Crippen molar-refractivity contribution >= 4 is 19.2 Å². The summed E-state index contributed by atoms with van der Waals surface area (Å²) >= 11 is 0. The van der Waals surface area contributed by atoms with E-state index in [9.17, 15) is 10.2 Å². The van der Waals surface area contributed by atoms with Crippen LogP contribution in [0.2, 0.25) is 0 Å². The molecular formula is C19H26N2O3S. The fourth-order valence-corrected chi connectivity index (χ4v) is 2.91. The quantitative estimate of drug-likeness (QED) is 0.824. The highest BCUT2D eigenvalue weighted by Gasteiger charge is 2.19. The van der Waals surface area contributed by atoms with E-state index < -0.39 is 6.10 Å². The van der Waals surface area contributed by atoms with Gasteiger partial charge in [0.15, 0.2) is 0 Å². The molecule has 0 saturated carbocycles. The second kappa shape index (κ2) is 9.56. The maximum Gasteiger partial charge on any atom is 0.119 e. The number of phenols is 1. The van der Waals surface area contributed by atoms with Gasteiger partial charge < -0.3 is 19.8 Å². The van der Waals surface area contributed by atoms with Gasteiger partial charge in [-0.3, -0.25) is 4.90 Å². The number of piperazine rings is 1. The van der Waals surface area contributed by atoms with Gasteiger partial charge in [-0.1, -0.05) is 18.2 Å². The van der Waals surface area contributed by atoms with E-state index in [1.54, 1.807) is 24.3 Å². The molecule has 6 heteroatoms. The first-order chi connectivity index (χ1) is 11.7. The predicted octanol–water partition coefficient (Wildman–Crippen LogP) is 2.07. The standard InChI is InChI=1S/C19H24N2O3.H2S/c22-17-6-8-19(9-7-17)24-15-18(23)14-20-10-12-21(13-11-20)16-4-2-1-3-5-16;/h1-9,18,22-23H,10-15H2;1H2/t18-;/m0./s1. The highest BCUT2D eigenvalue weighted by Crippen LogP contribution is 2.17. The normalized spacial score (nSPS) is 16.1. The number of anilines is 1. The van der Waals surface area contributed by atoms with Gasteiger partial charge in [0.25, 0.3) is 0 Å². The van der Waals surface area contributed by atoms with Crippen LogP contribution < -0.4 is 9.64 Å². The molecule has 0 unspecified atom stereocenters. The lowest BCUT2D eigenvalue weighted by Gasteiger charge is -2.36. The van der Waals surface area contributed by atoms with E-state index in [0.29, 0.717) is 12.3 Å². The molecule has 3 rings (SSSR count). The van der Waals surface area contributed by atoms with Gasteiger partial charge in [0.1, 0.15) is 24.2 Å². The molecule has 1 aliphatic rings. The number of aliphatic hydroxyl groups is 1. The molecule has 5 nitrogen and oxygen atoms in total. The van der Waals surface area contributed by atoms with Gasteiger partial charge in [-0.05, 0) is 36.4 Å². The number of β-amino-alcohol motifs (C(OH)–C–C–N with tert-alkyl or cyclic N) is 1. The molecule has 1 aliphatic heterocycles. The fourth-order valence-electron chi connectivity index (χ4n) is 2.91. The van der Waals surface area contributed by atoms with Crippen LogP contribution in [0.25, 0.3) is 0 Å². The number of nitrogens with zero attached hydrogens (tertiary/aromatic N) is 2. The van der Waals surface area contributed by atoms with Crippen LogP contribution in [0.15, 0.2) is 54.6 Å². The summed E-state index contributed by atoms with van der Waals surface area (Å²) in [7, 11) is 0. The van der Waals surface area contributed by atoms with Crippen molar-refractivity contribution in [2.24, 2.45) is 0 Å². The first kappa shape index (κ1) is 19.4. The highest BCUT2D eigenvalue weighted by molar-refractivity contribution is 7.59. The summed E-state index contributed by atoms with van der Waals surface area (Å²) in [5.41, 5.74) is 1.26. The molecule has 1 atom stereocenters. The monoisotopic (exact) mass is 362 g/mol. The summed E-state index contributed by atoms with van der Waals surface area (Å²) in [6, 6.07) is 17.0. The average Bonchev–Trinajstić information content (AvgIpc) is 2.63. The summed E-state index contributed by atoms with van der Waals surface area (Å²) in [5, 5.41) is 19.4. The minimum absolute atomic E-state index is 0. The molecule has 1 heterocycles. The molecule has 0 radical (unpaired) electrons. The minimum Gasteiger partial charge on any atom is -0.508 e. The fraction of sp³-hybridized carbons (Fsp3) is 0.368. The Balaban J connectivity index is 0.00000225. The number of para-hydroxylation sites is 1. The number of benzene rings is 2. The summed E-state index contributed by atoms with van der Waals surface area (Å²) in [4.78, 5) is 4.64. The third kappa shape index (κ3) is 5.85. The van der Waals surface area contributed by atoms with Gasteiger partial charge >= 0.3 is 0 Å². The van der Waals surface area contributed by atoms with Crippen molar-refractivity contribution < 1.29 is 14.9 Å². The zero-order chi connectivity index (χ0) is 16.8. The number of aromatic hydroxyl groups is 1. The maximum atomic E-state index is 10.2. The van der Waals surface area contributed by atoms with E-state index in [1.165, 1.54) is 5.69 Å². The summed E-state index contributed by atoms with van der Waals surface area (Å²) in [5.74, 6) is 0.861. The zero-order valence-corrected chi connectivity index (χ0v) is 15.2. The van der Waals surface area contributed by atoms with E-state index in [1.807, 2.05) is 6.07 Å². The van der Waals surface area contributed by atoms with Crippen molar-refractivity contribution in [3.05, 3.63) is 54.6 Å². The topological polar surface area (TPSA) is 56.2 Å². The molecule has 0 aliphatic carbocycles. The second-order valence-electron chi connectivity index (χ2n) is 6.08. The van der Waals surface area contributed by atoms with Gasteiger partial charge in [-0.15, -0.1) is 0 Å². The van der Waals surface area contributed by atoms with Crippen molar-refractivity contribution in [2.75, 3.05) is 44.2 Å². The van der Waals surface area contributed by atoms with E-state index in [4.69, 9.17) is 4.74 Å². The van der Waals surface area contributed by atoms with Gasteiger partial charge in [0, 0.05) is 38.4 Å². The van der Waals surface area contributed by atoms with Crippen molar-refractivity contribution in [2.45, 2.75) is 6.10 Å². The number of hydrogen-bond acceptors (Lipinski definition) is 5. The molecule has 2 aromatic carbocycles. The SMILES string of the molecule is Oc1ccc(OC[C@@H](O)CN2CCN(c3ccccc3)CC2)cc1.S. The molecule has 0 aromatic heterocycles. The number of hydrogen-bond donors (Lipinski definition) is 2. The van der Waals surface area contributed by atoms with Crippen molar-refractivity contribution in [3.8, 4) is 11.5 Å². The molecule has 0 bridgehead atoms. The van der Waals surface area contributed by atoms with Crippen LogP contribution >= 0.6 is 13.5 Å². The Morgan fingerprint density at radius 2 is 1.56 bits per heavy atom. The van der Waals surface area contributed by atoms with Crippen LogP contribution in [0, 0.1) is 0 Å². The second-order valence-corrected chi connectivity index (χ2v) is 6.08. The predicted molar refractivity (Wildman–Crippen MR) is 105 cm³/mol. The number of ether oxygens (including phenoxy) is 1. The van der Waals surface area contributed by atoms with Crippen LogP contribution in [0.3, 0.4) is 0 Å². The van der Waals surface area contributed by atoms with Crippen LogP contribution in [-0.2, 0) is 0 Å². The van der Waals surface area contributed by atoms with Gasteiger partial charge in [-0.2, -0.15) is 13.5 Å². The lowest BCUT2D eigenvalue weighted by molar-refractivity contribution is 0.0663. The van der Waals surface area contributed by atoms with Crippen LogP contribution in [0.4, 0.5) is 5.69 Å². The first-order valence-electron chi connectivity index (χ1n) is 8.33. The van der Waals surface area contributed by atoms with Crippen LogP contribution in [0.5, 0.6) is 11.5 Å². The lowest BCUT2D eigenvalue weighted by atomic mass is 10.2. The van der Waals surface area contributed by atoms with Crippen LogP contribution in [0.1, 0.15) is 0 Å². The maximum absolute atomic E-state index is 10.2. The van der Waals surface area contributed by atoms with E-state index in [2.05, 4.69) is 34.1 Å². The lowest BCUT2D eigenvalue weighted by Crippen LogP contribution is -2.49. The molecule has 2 aromatic rings. The Kier molecular flexibility index (Phi) is 7.43. The zero-order valence-electron chi connectivity index (χ0n) is 14.2. The van der Waals surface area contributed by atoms with Gasteiger partial charge in [-0.25, -0.2) is 0 Å². The smallest absolute Gasteiger partial charge is 0.119 e. The molecule has 1 fully saturated rings. The number of aliphatic hydroxyl groups excluding tert-OH is 1. The Morgan fingerprint density at radius 1 is 0.920 bits per heavy atom. The third-order valence-corrected chi connectivity index (χ3v) is 4.24. The molecule has 0 amide bonds. The molecule has 25 heavy (non-hydrogen) atoms. The molecule has 2 N–H and O–H groups in total. The molecule has 0 spiro atoms. The summed E-state index contributed by atoms with van der Waals surface area (Å²) in [6.07, 6.45) is -0.526. The van der Waals surface area contributed by atoms with Crippen molar-refractivity contribution in [3.63, 3.8) is 0 Å². The van der Waals surface area contributed by atoms with Crippen molar-refractivity contribution in [1.29, 1.82) is 0 Å². The minimum atomic E-state index is -0.526. The number of rotatable bonds is 6. The van der Waals surface area contributed by atoms with Crippen molar-refractivity contribution in [1.82, 2.24) is 4.90 Å². The molecular weight excluding hydrogens is 336 g/mol. The summed E-state index contributed by atoms with van der Waals surface area (Å²) in [6.45, 7) is 4.67. The van der Waals surface area contributed by atoms with E-state index in [0.717, 1.165) is 26.2 Å². The Hall–Kier alpha value is -1.89. The first-order valence-corrected chi connectivity index (χ1v) is 8.33. The average molecular weight is 362 g/mol.